The highest BCUT2D eigenvalue weighted by molar-refractivity contribution is 5.98. The number of benzene rings is 1. The first kappa shape index (κ1) is 18.9. The first-order valence-corrected chi connectivity index (χ1v) is 6.15. The molecular weight excluding hydrogens is 339 g/mol. The summed E-state index contributed by atoms with van der Waals surface area (Å²) in [4.78, 5) is 43.8. The van der Waals surface area contributed by atoms with E-state index in [4.69, 9.17) is 0 Å². The number of para-hydroxylation sites is 1. The van der Waals surface area contributed by atoms with Crippen LogP contribution in [0.1, 0.15) is 10.4 Å². The fourth-order valence-corrected chi connectivity index (χ4v) is 1.40. The number of urea groups is 1. The number of amides is 3. The van der Waals surface area contributed by atoms with E-state index in [9.17, 15) is 37.7 Å². The highest BCUT2D eigenvalue weighted by atomic mass is 19.4. The van der Waals surface area contributed by atoms with E-state index in [1.54, 1.807) is 0 Å². The van der Waals surface area contributed by atoms with Gasteiger partial charge in [-0.05, 0) is 6.07 Å². The van der Waals surface area contributed by atoms with Crippen molar-refractivity contribution in [1.82, 2.24) is 10.6 Å². The number of hydrogen-bond donors (Lipinski definition) is 2. The molecule has 24 heavy (non-hydrogen) atoms. The molecule has 0 radical (unpaired) electrons. The maximum Gasteiger partial charge on any atom is 0.405 e. The van der Waals surface area contributed by atoms with Crippen LogP contribution in [-0.2, 0) is 9.53 Å². The fourth-order valence-electron chi connectivity index (χ4n) is 1.40. The maximum atomic E-state index is 11.8. The first-order chi connectivity index (χ1) is 11.1. The second-order valence-corrected chi connectivity index (χ2v) is 4.20. The lowest BCUT2D eigenvalue weighted by molar-refractivity contribution is -0.385. The normalized spacial score (nSPS) is 10.6. The molecule has 1 aromatic rings. The number of hydrogen-bond acceptors (Lipinski definition) is 6. The summed E-state index contributed by atoms with van der Waals surface area (Å²) in [6, 6.07) is 3.34. The van der Waals surface area contributed by atoms with Crippen LogP contribution in [0.4, 0.5) is 23.7 Å². The number of carbonyl (C=O) groups is 3. The minimum atomic E-state index is -4.65. The van der Waals surface area contributed by atoms with E-state index in [0.29, 0.717) is 0 Å². The summed E-state index contributed by atoms with van der Waals surface area (Å²) in [5.41, 5.74) is -0.970. The van der Waals surface area contributed by atoms with Crippen molar-refractivity contribution in [2.24, 2.45) is 0 Å². The SMILES string of the molecule is O=C(COC(=O)c1ccccc1[N+](=O)[O-])NC(=O)NCC(F)(F)F. The van der Waals surface area contributed by atoms with Gasteiger partial charge in [0.15, 0.2) is 6.61 Å². The van der Waals surface area contributed by atoms with Crippen molar-refractivity contribution in [3.8, 4) is 0 Å². The van der Waals surface area contributed by atoms with Gasteiger partial charge in [0.05, 0.1) is 4.92 Å². The van der Waals surface area contributed by atoms with Gasteiger partial charge in [-0.25, -0.2) is 9.59 Å². The van der Waals surface area contributed by atoms with E-state index in [2.05, 4.69) is 4.74 Å². The van der Waals surface area contributed by atoms with Crippen molar-refractivity contribution < 1.29 is 37.2 Å². The summed E-state index contributed by atoms with van der Waals surface area (Å²) in [5, 5.41) is 13.6. The van der Waals surface area contributed by atoms with Crippen molar-refractivity contribution in [1.29, 1.82) is 0 Å². The molecule has 0 aliphatic carbocycles. The molecular formula is C12H10F3N3O6. The Labute approximate surface area is 131 Å². The number of nitrogens with zero attached hydrogens (tertiary/aromatic N) is 1. The second-order valence-electron chi connectivity index (χ2n) is 4.20. The number of halogens is 3. The molecule has 0 unspecified atom stereocenters. The summed E-state index contributed by atoms with van der Waals surface area (Å²) in [6.07, 6.45) is -4.65. The molecule has 0 atom stereocenters. The van der Waals surface area contributed by atoms with Gasteiger partial charge in [-0.2, -0.15) is 13.2 Å². The van der Waals surface area contributed by atoms with Crippen molar-refractivity contribution >= 4 is 23.6 Å². The summed E-state index contributed by atoms with van der Waals surface area (Å²) >= 11 is 0. The van der Waals surface area contributed by atoms with Gasteiger partial charge < -0.3 is 10.1 Å². The average molecular weight is 349 g/mol. The molecule has 1 rings (SSSR count). The third-order valence-corrected chi connectivity index (χ3v) is 2.36. The Balaban J connectivity index is 2.52. The lowest BCUT2D eigenvalue weighted by atomic mass is 10.2. The molecule has 0 aromatic heterocycles. The minimum absolute atomic E-state index is 0.420. The maximum absolute atomic E-state index is 11.8. The van der Waals surface area contributed by atoms with Gasteiger partial charge in [0, 0.05) is 6.07 Å². The molecule has 130 valence electrons. The van der Waals surface area contributed by atoms with E-state index in [-0.39, 0.29) is 0 Å². The van der Waals surface area contributed by atoms with Gasteiger partial charge in [-0.1, -0.05) is 12.1 Å². The molecule has 0 heterocycles. The van der Waals surface area contributed by atoms with Gasteiger partial charge in [0.1, 0.15) is 12.1 Å². The molecule has 0 saturated heterocycles. The smallest absolute Gasteiger partial charge is 0.405 e. The molecule has 0 bridgehead atoms. The molecule has 2 N–H and O–H groups in total. The van der Waals surface area contributed by atoms with Crippen LogP contribution in [0.2, 0.25) is 0 Å². The van der Waals surface area contributed by atoms with E-state index < -0.39 is 53.4 Å². The molecule has 0 spiro atoms. The van der Waals surface area contributed by atoms with Crippen LogP contribution in [0, 0.1) is 10.1 Å². The summed E-state index contributed by atoms with van der Waals surface area (Å²) < 4.78 is 40.0. The number of carbonyl (C=O) groups excluding carboxylic acids is 3. The molecule has 3 amide bonds. The number of rotatable bonds is 5. The number of nitrogens with one attached hydrogen (secondary N) is 2. The third-order valence-electron chi connectivity index (χ3n) is 2.36. The van der Waals surface area contributed by atoms with Crippen molar-refractivity contribution in [2.45, 2.75) is 6.18 Å². The fraction of sp³-hybridized carbons (Fsp3) is 0.250. The lowest BCUT2D eigenvalue weighted by Gasteiger charge is -2.09. The molecule has 0 aliphatic rings. The van der Waals surface area contributed by atoms with Gasteiger partial charge in [0.2, 0.25) is 0 Å². The summed E-state index contributed by atoms with van der Waals surface area (Å²) in [5.74, 6) is -2.41. The number of alkyl halides is 3. The number of nitro groups is 1. The molecule has 0 saturated carbocycles. The Kier molecular flexibility index (Phi) is 6.21. The van der Waals surface area contributed by atoms with Crippen molar-refractivity contribution in [2.75, 3.05) is 13.2 Å². The highest BCUT2D eigenvalue weighted by Crippen LogP contribution is 2.18. The van der Waals surface area contributed by atoms with Gasteiger partial charge in [0.25, 0.3) is 11.6 Å². The van der Waals surface area contributed by atoms with Crippen LogP contribution in [0.25, 0.3) is 0 Å². The zero-order valence-corrected chi connectivity index (χ0v) is 11.8. The zero-order valence-electron chi connectivity index (χ0n) is 11.8. The predicted octanol–water partition coefficient (Wildman–Crippen LogP) is 1.14. The van der Waals surface area contributed by atoms with E-state index >= 15 is 0 Å². The van der Waals surface area contributed by atoms with E-state index in [0.717, 1.165) is 12.1 Å². The Hall–Kier alpha value is -3.18. The van der Waals surface area contributed by atoms with Crippen LogP contribution in [0.3, 0.4) is 0 Å². The highest BCUT2D eigenvalue weighted by Gasteiger charge is 2.28. The molecule has 0 aliphatic heterocycles. The van der Waals surface area contributed by atoms with Crippen LogP contribution >= 0.6 is 0 Å². The Bertz CT molecular complexity index is 662. The average Bonchev–Trinajstić information content (AvgIpc) is 2.50. The molecule has 0 fully saturated rings. The van der Waals surface area contributed by atoms with Gasteiger partial charge in [-0.15, -0.1) is 0 Å². The number of ether oxygens (including phenoxy) is 1. The van der Waals surface area contributed by atoms with Gasteiger partial charge in [-0.3, -0.25) is 20.2 Å². The zero-order chi connectivity index (χ0) is 18.3. The summed E-state index contributed by atoms with van der Waals surface area (Å²) in [6.45, 7) is -2.66. The summed E-state index contributed by atoms with van der Waals surface area (Å²) in [7, 11) is 0. The quantitative estimate of drug-likeness (QED) is 0.466. The van der Waals surface area contributed by atoms with Gasteiger partial charge >= 0.3 is 18.2 Å². The van der Waals surface area contributed by atoms with Crippen LogP contribution in [0.15, 0.2) is 24.3 Å². The molecule has 9 nitrogen and oxygen atoms in total. The number of esters is 1. The number of nitro benzene ring substituents is 1. The predicted molar refractivity (Wildman–Crippen MR) is 71.0 cm³/mol. The standard InChI is InChI=1S/C12H10F3N3O6/c13-12(14,15)6-16-11(21)17-9(19)5-24-10(20)7-3-1-2-4-8(7)18(22)23/h1-4H,5-6H2,(H2,16,17,19,21). The van der Waals surface area contributed by atoms with E-state index in [1.807, 2.05) is 0 Å². The third kappa shape index (κ3) is 6.29. The Morgan fingerprint density at radius 1 is 1.21 bits per heavy atom. The second kappa shape index (κ2) is 7.89. The monoisotopic (exact) mass is 349 g/mol. The minimum Gasteiger partial charge on any atom is -0.452 e. The Morgan fingerprint density at radius 3 is 2.42 bits per heavy atom. The van der Waals surface area contributed by atoms with Crippen LogP contribution in [-0.4, -0.2) is 42.2 Å². The number of imide groups is 1. The van der Waals surface area contributed by atoms with E-state index in [1.165, 1.54) is 22.8 Å². The largest absolute Gasteiger partial charge is 0.452 e. The van der Waals surface area contributed by atoms with Crippen molar-refractivity contribution in [3.05, 3.63) is 39.9 Å². The Morgan fingerprint density at radius 2 is 1.83 bits per heavy atom. The molecule has 12 heteroatoms. The van der Waals surface area contributed by atoms with Crippen LogP contribution in [0.5, 0.6) is 0 Å². The topological polar surface area (TPSA) is 128 Å². The van der Waals surface area contributed by atoms with Crippen molar-refractivity contribution in [3.63, 3.8) is 0 Å². The first-order valence-electron chi connectivity index (χ1n) is 6.15. The lowest BCUT2D eigenvalue weighted by Crippen LogP contribution is -2.44. The molecule has 1 aromatic carbocycles. The van der Waals surface area contributed by atoms with Crippen LogP contribution < -0.4 is 10.6 Å².